The van der Waals surface area contributed by atoms with Gasteiger partial charge in [-0.2, -0.15) is 18.4 Å². The normalized spacial score (nSPS) is 11.8. The van der Waals surface area contributed by atoms with Crippen LogP contribution >= 0.6 is 23.2 Å². The number of nitrogens with one attached hydrogen (secondary N) is 2. The standard InChI is InChI=1S/C27H17Cl2F4N3O4S/c28-17-7-15(13-35-41(39,40)18-3-1-2-14(6-18)11-30)25(37)21(9-17)24-10-19(22(12-34)26(38)36-24)20-8-16(27(31,32)33)4-5-23(20)29/h1-10,35,37H,11,13H2,(H,36,38). The van der Waals surface area contributed by atoms with Crippen LogP contribution in [0.25, 0.3) is 22.4 Å². The lowest BCUT2D eigenvalue weighted by Crippen LogP contribution is -2.23. The van der Waals surface area contributed by atoms with Crippen LogP contribution in [0, 0.1) is 11.3 Å². The molecule has 4 rings (SSSR count). The summed E-state index contributed by atoms with van der Waals surface area (Å²) in [4.78, 5) is 15.0. The van der Waals surface area contributed by atoms with Gasteiger partial charge in [0.1, 0.15) is 24.1 Å². The Balaban J connectivity index is 1.80. The van der Waals surface area contributed by atoms with Gasteiger partial charge in [0.15, 0.2) is 0 Å². The first-order chi connectivity index (χ1) is 19.2. The molecule has 0 amide bonds. The highest BCUT2D eigenvalue weighted by atomic mass is 35.5. The van der Waals surface area contributed by atoms with Gasteiger partial charge in [0.05, 0.1) is 16.2 Å². The van der Waals surface area contributed by atoms with Crippen LogP contribution in [0.2, 0.25) is 10.0 Å². The van der Waals surface area contributed by atoms with Crippen LogP contribution in [0.15, 0.2) is 70.4 Å². The number of benzene rings is 3. The number of phenols is 1. The Morgan fingerprint density at radius 1 is 1.00 bits per heavy atom. The Kier molecular flexibility index (Phi) is 8.46. The van der Waals surface area contributed by atoms with Crippen molar-refractivity contribution in [2.45, 2.75) is 24.3 Å². The first-order valence-electron chi connectivity index (χ1n) is 11.5. The highest BCUT2D eigenvalue weighted by Gasteiger charge is 2.31. The molecule has 41 heavy (non-hydrogen) atoms. The molecule has 4 aromatic rings. The maximum Gasteiger partial charge on any atom is 0.416 e. The molecule has 3 N–H and O–H groups in total. The second-order valence-corrected chi connectivity index (χ2v) is 11.3. The van der Waals surface area contributed by atoms with E-state index in [4.69, 9.17) is 23.2 Å². The number of rotatable bonds is 7. The number of pyridine rings is 1. The molecule has 7 nitrogen and oxygen atoms in total. The third kappa shape index (κ3) is 6.39. The fourth-order valence-electron chi connectivity index (χ4n) is 3.98. The summed E-state index contributed by atoms with van der Waals surface area (Å²) >= 11 is 12.4. The molecular weight excluding hydrogens is 609 g/mol. The van der Waals surface area contributed by atoms with Crippen LogP contribution in [0.4, 0.5) is 17.6 Å². The summed E-state index contributed by atoms with van der Waals surface area (Å²) in [6.07, 6.45) is -4.74. The van der Waals surface area contributed by atoms with Gasteiger partial charge < -0.3 is 10.1 Å². The maximum atomic E-state index is 13.4. The van der Waals surface area contributed by atoms with Crippen molar-refractivity contribution in [3.63, 3.8) is 0 Å². The lowest BCUT2D eigenvalue weighted by Gasteiger charge is -2.15. The fourth-order valence-corrected chi connectivity index (χ4v) is 5.52. The topological polar surface area (TPSA) is 123 Å². The third-order valence-corrected chi connectivity index (χ3v) is 7.94. The summed E-state index contributed by atoms with van der Waals surface area (Å²) in [5.41, 5.74) is -3.21. The number of alkyl halides is 4. The first-order valence-corrected chi connectivity index (χ1v) is 13.7. The Labute approximate surface area is 240 Å². The molecule has 0 aliphatic carbocycles. The molecule has 0 spiro atoms. The van der Waals surface area contributed by atoms with E-state index in [1.807, 2.05) is 0 Å². The van der Waals surface area contributed by atoms with Gasteiger partial charge in [0, 0.05) is 38.8 Å². The van der Waals surface area contributed by atoms with E-state index in [0.29, 0.717) is 6.07 Å². The van der Waals surface area contributed by atoms with Crippen LogP contribution < -0.4 is 10.3 Å². The van der Waals surface area contributed by atoms with Crippen LogP contribution in [0.3, 0.4) is 0 Å². The Morgan fingerprint density at radius 2 is 1.73 bits per heavy atom. The highest BCUT2D eigenvalue weighted by molar-refractivity contribution is 7.89. The van der Waals surface area contributed by atoms with E-state index in [2.05, 4.69) is 9.71 Å². The van der Waals surface area contributed by atoms with Crippen molar-refractivity contribution < 1.29 is 31.1 Å². The zero-order valence-electron chi connectivity index (χ0n) is 20.5. The van der Waals surface area contributed by atoms with Crippen molar-refractivity contribution in [1.29, 1.82) is 5.26 Å². The molecule has 0 aliphatic rings. The van der Waals surface area contributed by atoms with E-state index in [0.717, 1.165) is 24.3 Å². The number of phenolic OH excluding ortho intramolecular Hbond substituents is 1. The zero-order valence-corrected chi connectivity index (χ0v) is 22.8. The van der Waals surface area contributed by atoms with Crippen molar-refractivity contribution in [1.82, 2.24) is 9.71 Å². The monoisotopic (exact) mass is 625 g/mol. The number of sulfonamides is 1. The lowest BCUT2D eigenvalue weighted by molar-refractivity contribution is -0.137. The average Bonchev–Trinajstić information content (AvgIpc) is 2.92. The predicted molar refractivity (Wildman–Crippen MR) is 145 cm³/mol. The van der Waals surface area contributed by atoms with Crippen LogP contribution in [0.5, 0.6) is 5.75 Å². The van der Waals surface area contributed by atoms with E-state index in [1.54, 1.807) is 6.07 Å². The van der Waals surface area contributed by atoms with Gasteiger partial charge in [-0.3, -0.25) is 4.79 Å². The molecule has 0 bridgehead atoms. The number of hydrogen-bond donors (Lipinski definition) is 3. The number of aromatic amines is 1. The van der Waals surface area contributed by atoms with Gasteiger partial charge >= 0.3 is 6.18 Å². The molecule has 3 aromatic carbocycles. The molecule has 1 aromatic heterocycles. The number of halogens is 6. The summed E-state index contributed by atoms with van der Waals surface area (Å²) in [7, 11) is -4.15. The van der Waals surface area contributed by atoms with Crippen LogP contribution in [-0.2, 0) is 29.4 Å². The quantitative estimate of drug-likeness (QED) is 0.201. The van der Waals surface area contributed by atoms with Crippen molar-refractivity contribution in [2.75, 3.05) is 0 Å². The summed E-state index contributed by atoms with van der Waals surface area (Å²) in [5, 5.41) is 20.4. The van der Waals surface area contributed by atoms with E-state index >= 15 is 0 Å². The van der Waals surface area contributed by atoms with E-state index < -0.39 is 51.9 Å². The van der Waals surface area contributed by atoms with E-state index in [-0.39, 0.29) is 48.5 Å². The van der Waals surface area contributed by atoms with Gasteiger partial charge in [0.25, 0.3) is 5.56 Å². The van der Waals surface area contributed by atoms with Gasteiger partial charge in [-0.25, -0.2) is 17.5 Å². The van der Waals surface area contributed by atoms with Crippen LogP contribution in [-0.4, -0.2) is 18.5 Å². The van der Waals surface area contributed by atoms with E-state index in [1.165, 1.54) is 30.3 Å². The smallest absolute Gasteiger partial charge is 0.416 e. The Bertz CT molecular complexity index is 1870. The fraction of sp³-hybridized carbons (Fsp3) is 0.111. The van der Waals surface area contributed by atoms with Crippen molar-refractivity contribution in [2.24, 2.45) is 0 Å². The second kappa shape index (κ2) is 11.5. The summed E-state index contributed by atoms with van der Waals surface area (Å²) < 4.78 is 80.9. The highest BCUT2D eigenvalue weighted by Crippen LogP contribution is 2.39. The minimum Gasteiger partial charge on any atom is -0.507 e. The summed E-state index contributed by atoms with van der Waals surface area (Å²) in [5.74, 6) is -0.518. The molecule has 0 saturated carbocycles. The number of nitriles is 1. The minimum atomic E-state index is -4.74. The van der Waals surface area contributed by atoms with Gasteiger partial charge in [-0.15, -0.1) is 0 Å². The molecule has 0 fully saturated rings. The third-order valence-electron chi connectivity index (χ3n) is 5.99. The first kappa shape index (κ1) is 30.1. The Morgan fingerprint density at radius 3 is 2.39 bits per heavy atom. The van der Waals surface area contributed by atoms with Crippen molar-refractivity contribution in [3.8, 4) is 34.2 Å². The van der Waals surface area contributed by atoms with Crippen molar-refractivity contribution in [3.05, 3.63) is 103 Å². The summed E-state index contributed by atoms with van der Waals surface area (Å²) in [6.45, 7) is -1.35. The SMILES string of the molecule is N#Cc1c(-c2cc(C(F)(F)F)ccc2Cl)cc(-c2cc(Cl)cc(CNS(=O)(=O)c3cccc(CF)c3)c2O)[nH]c1=O. The molecule has 0 radical (unpaired) electrons. The minimum absolute atomic E-state index is 0.00952. The molecule has 1 heterocycles. The van der Waals surface area contributed by atoms with Crippen molar-refractivity contribution >= 4 is 33.2 Å². The predicted octanol–water partition coefficient (Wildman–Crippen LogP) is 6.56. The number of aromatic hydroxyl groups is 1. The zero-order chi connectivity index (χ0) is 30.1. The number of H-pyrrole nitrogens is 1. The van der Waals surface area contributed by atoms with Gasteiger partial charge in [0.2, 0.25) is 10.0 Å². The summed E-state index contributed by atoms with van der Waals surface area (Å²) in [6, 6.07) is 12.9. The molecule has 0 aliphatic heterocycles. The van der Waals surface area contributed by atoms with Gasteiger partial charge in [-0.05, 0) is 54.1 Å². The molecule has 14 heteroatoms. The van der Waals surface area contributed by atoms with E-state index in [9.17, 15) is 41.1 Å². The van der Waals surface area contributed by atoms with Gasteiger partial charge in [-0.1, -0.05) is 35.3 Å². The Hall–Kier alpha value is -3.89. The average molecular weight is 626 g/mol. The second-order valence-electron chi connectivity index (χ2n) is 8.67. The molecule has 0 saturated heterocycles. The maximum absolute atomic E-state index is 13.4. The molecule has 212 valence electrons. The largest absolute Gasteiger partial charge is 0.507 e. The molecule has 0 unspecified atom stereocenters. The number of nitrogens with zero attached hydrogens (tertiary/aromatic N) is 1. The molecular formula is C27H17Cl2F4N3O4S. The van der Waals surface area contributed by atoms with Crippen LogP contribution in [0.1, 0.15) is 22.3 Å². The lowest BCUT2D eigenvalue weighted by atomic mass is 9.96. The molecule has 0 atom stereocenters. The number of hydrogen-bond acceptors (Lipinski definition) is 5. The number of aromatic nitrogens is 1.